The molecule has 8 heteroatoms. The average molecular weight is 767 g/mol. The number of fused-ring (bicyclic) bond motifs is 7. The standard InChI is InChI=1S/C46H68ClNO6/c1-11-48(26-29-14-12-13-15-31(29)47)27-35(50)46-23-22-44(9)30(39(46)38(28(2)3)32(49)24-46)16-17-34-43(8)20-19-36(54-37(51)25-41(4,5)40(52)53)42(6,7)33(43)18-21-45(34,44)10/h12-15,28,30,33-36,50H,11,16-27H2,1-10H3,(H,52,53)/t30-,33+,34-,35?,36+,43+,44-,45-,46?/m1/s1. The van der Waals surface area contributed by atoms with Crippen molar-refractivity contribution in [1.29, 1.82) is 0 Å². The second-order valence-electron chi connectivity index (χ2n) is 20.5. The molecule has 1 aromatic carbocycles. The number of hydrogen-bond donors (Lipinski definition) is 2. The van der Waals surface area contributed by atoms with Gasteiger partial charge in [0.05, 0.1) is 17.9 Å². The lowest BCUT2D eigenvalue weighted by Gasteiger charge is -2.72. The zero-order chi connectivity index (χ0) is 39.8. The van der Waals surface area contributed by atoms with Gasteiger partial charge in [0.15, 0.2) is 5.78 Å². The van der Waals surface area contributed by atoms with Gasteiger partial charge in [0.2, 0.25) is 0 Å². The number of allylic oxidation sites excluding steroid dienone is 1. The summed E-state index contributed by atoms with van der Waals surface area (Å²) in [6.07, 6.45) is 7.16. The van der Waals surface area contributed by atoms with Crippen molar-refractivity contribution in [3.8, 4) is 0 Å². The van der Waals surface area contributed by atoms with Gasteiger partial charge in [-0.05, 0) is 129 Å². The number of carboxylic acids is 1. The molecule has 5 aliphatic carbocycles. The quantitative estimate of drug-likeness (QED) is 0.216. The fraction of sp³-hybridized carbons (Fsp3) is 0.761. The molecule has 2 unspecified atom stereocenters. The first-order valence-corrected chi connectivity index (χ1v) is 21.3. The van der Waals surface area contributed by atoms with Crippen molar-refractivity contribution < 1.29 is 29.3 Å². The molecule has 0 aliphatic heterocycles. The number of nitrogens with zero attached hydrogens (tertiary/aromatic N) is 1. The molecule has 6 rings (SSSR count). The smallest absolute Gasteiger partial charge is 0.309 e. The summed E-state index contributed by atoms with van der Waals surface area (Å²) in [5.41, 5.74) is 1.47. The van der Waals surface area contributed by atoms with Crippen LogP contribution in [-0.2, 0) is 25.7 Å². The summed E-state index contributed by atoms with van der Waals surface area (Å²) < 4.78 is 6.18. The SMILES string of the molecule is CCN(Cc1ccccc1Cl)CC(O)C12CC[C@]3(C)[C@H](CC[C@@H]4[C@@]5(C)CC[C@H](OC(=O)CC(C)(C)C(=O)O)C(C)(C)[C@@H]5CC[C@]43C)C1=C(C(C)C)C(=O)C2. The van der Waals surface area contributed by atoms with E-state index in [1.807, 2.05) is 18.2 Å². The normalized spacial score (nSPS) is 36.7. The first kappa shape index (κ1) is 41.4. The van der Waals surface area contributed by atoms with Gasteiger partial charge in [0, 0.05) is 35.4 Å². The number of Topliss-reactive ketones (excluding diaryl/α,β-unsaturated/α-hetero) is 1. The molecule has 0 heterocycles. The molecule has 1 aromatic rings. The van der Waals surface area contributed by atoms with Crippen molar-refractivity contribution in [2.75, 3.05) is 13.1 Å². The first-order chi connectivity index (χ1) is 25.1. The number of halogens is 1. The molecule has 9 atom stereocenters. The molecule has 300 valence electrons. The number of rotatable bonds is 11. The maximum atomic E-state index is 14.2. The predicted molar refractivity (Wildman–Crippen MR) is 214 cm³/mol. The number of esters is 1. The van der Waals surface area contributed by atoms with Gasteiger partial charge in [-0.15, -0.1) is 0 Å². The van der Waals surface area contributed by atoms with Gasteiger partial charge in [-0.1, -0.05) is 90.8 Å². The van der Waals surface area contributed by atoms with Crippen LogP contribution in [0.3, 0.4) is 0 Å². The van der Waals surface area contributed by atoms with E-state index in [9.17, 15) is 24.6 Å². The van der Waals surface area contributed by atoms with Crippen LogP contribution in [-0.4, -0.2) is 58.1 Å². The number of ketones is 1. The lowest BCUT2D eigenvalue weighted by Crippen LogP contribution is -2.66. The average Bonchev–Trinajstić information content (AvgIpc) is 3.40. The maximum absolute atomic E-state index is 14.2. The molecule has 0 saturated heterocycles. The van der Waals surface area contributed by atoms with Gasteiger partial charge < -0.3 is 14.9 Å². The van der Waals surface area contributed by atoms with E-state index < -0.39 is 28.9 Å². The number of ether oxygens (including phenoxy) is 1. The lowest BCUT2D eigenvalue weighted by molar-refractivity contribution is -0.235. The zero-order valence-electron chi connectivity index (χ0n) is 34.8. The third-order valence-electron chi connectivity index (χ3n) is 16.7. The summed E-state index contributed by atoms with van der Waals surface area (Å²) in [6, 6.07) is 7.93. The highest BCUT2D eigenvalue weighted by atomic mass is 35.5. The Balaban J connectivity index is 1.28. The van der Waals surface area contributed by atoms with Crippen LogP contribution >= 0.6 is 11.6 Å². The number of carbonyl (C=O) groups is 3. The molecule has 0 aromatic heterocycles. The second kappa shape index (κ2) is 14.3. The van der Waals surface area contributed by atoms with Crippen LogP contribution < -0.4 is 0 Å². The number of hydrogen-bond acceptors (Lipinski definition) is 6. The highest BCUT2D eigenvalue weighted by Gasteiger charge is 2.70. The van der Waals surface area contributed by atoms with Gasteiger partial charge in [0.1, 0.15) is 6.10 Å². The Labute approximate surface area is 330 Å². The zero-order valence-corrected chi connectivity index (χ0v) is 35.6. The van der Waals surface area contributed by atoms with E-state index in [1.54, 1.807) is 13.8 Å². The third-order valence-corrected chi connectivity index (χ3v) is 17.1. The number of aliphatic carboxylic acids is 1. The lowest BCUT2D eigenvalue weighted by atomic mass is 9.33. The van der Waals surface area contributed by atoms with E-state index in [1.165, 1.54) is 5.57 Å². The number of carboxylic acid groups (broad SMARTS) is 1. The molecule has 0 spiro atoms. The Morgan fingerprint density at radius 3 is 2.28 bits per heavy atom. The van der Waals surface area contributed by atoms with E-state index in [0.29, 0.717) is 31.3 Å². The number of likely N-dealkylation sites (N-methyl/N-ethyl adjacent to an activating group) is 1. The van der Waals surface area contributed by atoms with E-state index in [0.717, 1.165) is 74.1 Å². The minimum Gasteiger partial charge on any atom is -0.481 e. The van der Waals surface area contributed by atoms with E-state index in [-0.39, 0.29) is 51.8 Å². The van der Waals surface area contributed by atoms with E-state index >= 15 is 0 Å². The Bertz CT molecular complexity index is 1680. The fourth-order valence-electron chi connectivity index (χ4n) is 13.5. The summed E-state index contributed by atoms with van der Waals surface area (Å²) in [5.74, 6) is 0.0214. The molecule has 0 radical (unpaired) electrons. The molecule has 7 nitrogen and oxygen atoms in total. The van der Waals surface area contributed by atoms with Crippen molar-refractivity contribution in [3.63, 3.8) is 0 Å². The highest BCUT2D eigenvalue weighted by molar-refractivity contribution is 6.31. The highest BCUT2D eigenvalue weighted by Crippen LogP contribution is 2.77. The number of benzene rings is 1. The topological polar surface area (TPSA) is 104 Å². The molecule has 2 N–H and O–H groups in total. The van der Waals surface area contributed by atoms with Crippen LogP contribution in [0, 0.1) is 56.2 Å². The van der Waals surface area contributed by atoms with E-state index in [2.05, 4.69) is 66.4 Å². The van der Waals surface area contributed by atoms with Crippen LogP contribution in [0.5, 0.6) is 0 Å². The predicted octanol–water partition coefficient (Wildman–Crippen LogP) is 9.92. The van der Waals surface area contributed by atoms with Crippen molar-refractivity contribution >= 4 is 29.3 Å². The molecule has 4 fully saturated rings. The van der Waals surface area contributed by atoms with Crippen molar-refractivity contribution in [2.45, 2.75) is 152 Å². The minimum atomic E-state index is -1.17. The van der Waals surface area contributed by atoms with Crippen LogP contribution in [0.25, 0.3) is 0 Å². The number of carbonyl (C=O) groups excluding carboxylic acids is 2. The number of aliphatic hydroxyl groups excluding tert-OH is 1. The Morgan fingerprint density at radius 1 is 0.963 bits per heavy atom. The molecule has 54 heavy (non-hydrogen) atoms. The largest absolute Gasteiger partial charge is 0.481 e. The first-order valence-electron chi connectivity index (χ1n) is 20.9. The Morgan fingerprint density at radius 2 is 1.65 bits per heavy atom. The molecule has 5 aliphatic rings. The monoisotopic (exact) mass is 765 g/mol. The second-order valence-corrected chi connectivity index (χ2v) is 20.9. The Hall–Kier alpha value is -2.22. The minimum absolute atomic E-state index is 0.0227. The van der Waals surface area contributed by atoms with Crippen molar-refractivity contribution in [1.82, 2.24) is 4.90 Å². The molecule has 0 bridgehead atoms. The summed E-state index contributed by atoms with van der Waals surface area (Å²) in [4.78, 5) is 41.4. The third kappa shape index (κ3) is 6.42. The fourth-order valence-corrected chi connectivity index (χ4v) is 13.7. The van der Waals surface area contributed by atoms with Crippen molar-refractivity contribution in [3.05, 3.63) is 46.0 Å². The summed E-state index contributed by atoms with van der Waals surface area (Å²) in [7, 11) is 0. The Kier molecular flexibility index (Phi) is 11.0. The number of aliphatic hydroxyl groups is 1. The van der Waals surface area contributed by atoms with Gasteiger partial charge in [-0.25, -0.2) is 0 Å². The van der Waals surface area contributed by atoms with Crippen LogP contribution in [0.4, 0.5) is 0 Å². The van der Waals surface area contributed by atoms with Crippen molar-refractivity contribution in [2.24, 2.45) is 56.2 Å². The van der Waals surface area contributed by atoms with Crippen LogP contribution in [0.15, 0.2) is 35.4 Å². The van der Waals surface area contributed by atoms with Crippen LogP contribution in [0.2, 0.25) is 5.02 Å². The molecule has 4 saturated carbocycles. The maximum Gasteiger partial charge on any atom is 0.309 e. The van der Waals surface area contributed by atoms with Crippen LogP contribution in [0.1, 0.15) is 139 Å². The van der Waals surface area contributed by atoms with Gasteiger partial charge in [-0.2, -0.15) is 0 Å². The summed E-state index contributed by atoms with van der Waals surface area (Å²) in [5, 5.41) is 22.8. The van der Waals surface area contributed by atoms with Gasteiger partial charge in [-0.3, -0.25) is 19.3 Å². The molecular weight excluding hydrogens is 698 g/mol. The van der Waals surface area contributed by atoms with Gasteiger partial charge in [0.25, 0.3) is 0 Å². The van der Waals surface area contributed by atoms with E-state index in [4.69, 9.17) is 16.3 Å². The van der Waals surface area contributed by atoms with Gasteiger partial charge >= 0.3 is 11.9 Å². The molecular formula is C46H68ClNO6. The summed E-state index contributed by atoms with van der Waals surface area (Å²) >= 11 is 6.58. The molecule has 0 amide bonds. The summed E-state index contributed by atoms with van der Waals surface area (Å²) in [6.45, 7) is 23.7.